The summed E-state index contributed by atoms with van der Waals surface area (Å²) >= 11 is 0. The van der Waals surface area contributed by atoms with Crippen molar-refractivity contribution in [3.05, 3.63) is 0 Å². The molecule has 0 aromatic heterocycles. The van der Waals surface area contributed by atoms with Crippen molar-refractivity contribution >= 4 is 10.9 Å². The van der Waals surface area contributed by atoms with Crippen LogP contribution in [0.25, 0.3) is 0 Å². The van der Waals surface area contributed by atoms with Crippen LogP contribution in [-0.4, -0.2) is 54.4 Å². The lowest BCUT2D eigenvalue weighted by Crippen LogP contribution is -2.50. The first-order valence-electron chi connectivity index (χ1n) is 6.16. The van der Waals surface area contributed by atoms with E-state index >= 15 is 0 Å². The van der Waals surface area contributed by atoms with Gasteiger partial charge in [-0.2, -0.15) is 0 Å². The minimum absolute atomic E-state index is 0.0307. The zero-order valence-electron chi connectivity index (χ0n) is 10.2. The average Bonchev–Trinajstić information content (AvgIpc) is 2.83. The predicted octanol–water partition coefficient (Wildman–Crippen LogP) is 0.952. The summed E-state index contributed by atoms with van der Waals surface area (Å²) in [6, 6.07) is 0. The molecule has 1 heterocycles. The smallest absolute Gasteiger partial charge is 0.123 e. The van der Waals surface area contributed by atoms with E-state index in [0.717, 1.165) is 12.8 Å². The highest BCUT2D eigenvalue weighted by Gasteiger charge is 2.45. The maximum atomic E-state index is 10.0. The van der Waals surface area contributed by atoms with Crippen LogP contribution >= 0.6 is 0 Å². The van der Waals surface area contributed by atoms with E-state index in [1.807, 2.05) is 0 Å². The highest BCUT2D eigenvalue weighted by Crippen LogP contribution is 2.32. The number of hydrogen-bond donors (Lipinski definition) is 1. The Hall–Kier alpha value is 0.230. The quantitative estimate of drug-likeness (QED) is 0.755. The first-order chi connectivity index (χ1) is 7.76. The second-order valence-electron chi connectivity index (χ2n) is 4.79. The van der Waals surface area contributed by atoms with Gasteiger partial charge in [-0.1, -0.05) is 0 Å². The lowest BCUT2D eigenvalue weighted by Gasteiger charge is -2.36. The van der Waals surface area contributed by atoms with Crippen molar-refractivity contribution in [2.75, 3.05) is 25.7 Å². The lowest BCUT2D eigenvalue weighted by atomic mass is 9.91. The molecule has 0 radical (unpaired) electrons. The molecule has 2 fully saturated rings. The van der Waals surface area contributed by atoms with E-state index < -0.39 is 6.10 Å². The fourth-order valence-corrected chi connectivity index (χ4v) is 5.83. The van der Waals surface area contributed by atoms with Crippen LogP contribution < -0.4 is 0 Å². The number of aliphatic hydroxyl groups excluding tert-OH is 1. The second kappa shape index (κ2) is 5.71. The van der Waals surface area contributed by atoms with Gasteiger partial charge in [0.25, 0.3) is 0 Å². The van der Waals surface area contributed by atoms with Crippen LogP contribution in [0.5, 0.6) is 0 Å². The van der Waals surface area contributed by atoms with Crippen LogP contribution in [0.2, 0.25) is 0 Å². The molecule has 0 aromatic rings. The van der Waals surface area contributed by atoms with Crippen LogP contribution in [0, 0.1) is 0 Å². The van der Waals surface area contributed by atoms with Crippen molar-refractivity contribution in [2.24, 2.45) is 0 Å². The number of aliphatic hydroxyl groups is 1. The van der Waals surface area contributed by atoms with Gasteiger partial charge in [0.05, 0.1) is 12.2 Å². The zero-order valence-corrected chi connectivity index (χ0v) is 11.0. The molecule has 1 saturated heterocycles. The molecule has 2 unspecified atom stereocenters. The number of rotatable bonds is 3. The summed E-state index contributed by atoms with van der Waals surface area (Å²) < 4.78 is 10.8. The van der Waals surface area contributed by atoms with Gasteiger partial charge in [0.2, 0.25) is 0 Å². The Morgan fingerprint density at radius 3 is 1.94 bits per heavy atom. The third-order valence-electron chi connectivity index (χ3n) is 3.89. The number of hydrogen-bond acceptors (Lipinski definition) is 3. The Morgan fingerprint density at radius 2 is 1.50 bits per heavy atom. The summed E-state index contributed by atoms with van der Waals surface area (Å²) in [5.41, 5.74) is 0. The van der Waals surface area contributed by atoms with Gasteiger partial charge in [-0.05, 0) is 23.7 Å². The van der Waals surface area contributed by atoms with Crippen LogP contribution in [-0.2, 0) is 20.4 Å². The topological polar surface area (TPSA) is 38.7 Å². The molecule has 0 amide bonds. The zero-order chi connectivity index (χ0) is 11.5. The summed E-state index contributed by atoms with van der Waals surface area (Å²) in [5.74, 6) is 2.77. The maximum Gasteiger partial charge on any atom is 0.123 e. The van der Waals surface area contributed by atoms with E-state index in [9.17, 15) is 5.11 Å². The van der Waals surface area contributed by atoms with Crippen molar-refractivity contribution in [3.63, 3.8) is 0 Å². The molecule has 1 saturated carbocycles. The maximum absolute atomic E-state index is 10.0. The van der Waals surface area contributed by atoms with Crippen LogP contribution in [0.4, 0.5) is 0 Å². The van der Waals surface area contributed by atoms with Gasteiger partial charge in [-0.15, -0.1) is 0 Å². The molecule has 2 atom stereocenters. The normalized spacial score (nSPS) is 41.4. The first kappa shape index (κ1) is 12.7. The fraction of sp³-hybridized carbons (Fsp3) is 1.00. The van der Waals surface area contributed by atoms with E-state index in [2.05, 4.69) is 0 Å². The van der Waals surface area contributed by atoms with E-state index in [4.69, 9.17) is 9.47 Å². The molecule has 0 aromatic carbocycles. The number of methoxy groups -OCH3 is 2. The van der Waals surface area contributed by atoms with Gasteiger partial charge in [0.1, 0.15) is 22.9 Å². The van der Waals surface area contributed by atoms with Crippen LogP contribution in [0.15, 0.2) is 0 Å². The monoisotopic (exact) mass is 247 g/mol. The molecule has 3 nitrogen and oxygen atoms in total. The summed E-state index contributed by atoms with van der Waals surface area (Å²) in [4.78, 5) is 0. The standard InChI is InChI=1S/C12H23O3S/c1-14-10-7-9(16-5-3-4-6-16)8-11(15-2)12(10)13/h9-13H,3-8H2,1-2H3/q+1. The van der Waals surface area contributed by atoms with E-state index in [0.29, 0.717) is 16.1 Å². The molecule has 2 aliphatic rings. The van der Waals surface area contributed by atoms with E-state index in [1.54, 1.807) is 14.2 Å². The van der Waals surface area contributed by atoms with Crippen molar-refractivity contribution in [1.29, 1.82) is 0 Å². The molecule has 2 rings (SSSR count). The third kappa shape index (κ3) is 2.55. The Morgan fingerprint density at radius 1 is 1.00 bits per heavy atom. The lowest BCUT2D eigenvalue weighted by molar-refractivity contribution is -0.110. The highest BCUT2D eigenvalue weighted by molar-refractivity contribution is 7.97. The summed E-state index contributed by atoms with van der Waals surface area (Å²) in [6.07, 6.45) is 4.29. The summed E-state index contributed by atoms with van der Waals surface area (Å²) in [5, 5.41) is 10.8. The van der Waals surface area contributed by atoms with Gasteiger partial charge in [-0.25, -0.2) is 0 Å². The van der Waals surface area contributed by atoms with Crippen LogP contribution in [0.1, 0.15) is 25.7 Å². The molecule has 0 spiro atoms. The van der Waals surface area contributed by atoms with Crippen molar-refractivity contribution in [1.82, 2.24) is 0 Å². The first-order valence-corrected chi connectivity index (χ1v) is 7.78. The Kier molecular flexibility index (Phi) is 4.53. The van der Waals surface area contributed by atoms with Gasteiger partial charge < -0.3 is 14.6 Å². The van der Waals surface area contributed by atoms with Crippen LogP contribution in [0.3, 0.4) is 0 Å². The molecule has 0 bridgehead atoms. The third-order valence-corrected chi connectivity index (χ3v) is 6.85. The molecular formula is C12H23O3S+. The average molecular weight is 247 g/mol. The van der Waals surface area contributed by atoms with E-state index in [-0.39, 0.29) is 12.2 Å². The minimum Gasteiger partial charge on any atom is -0.388 e. The van der Waals surface area contributed by atoms with Gasteiger partial charge in [0, 0.05) is 27.1 Å². The molecule has 1 aliphatic carbocycles. The summed E-state index contributed by atoms with van der Waals surface area (Å²) in [7, 11) is 3.95. The Labute approximate surface area is 101 Å². The SMILES string of the molecule is COC1CC([S+]2CCCC2)CC(OC)C1O. The van der Waals surface area contributed by atoms with Crippen molar-refractivity contribution in [3.8, 4) is 0 Å². The van der Waals surface area contributed by atoms with Gasteiger partial charge in [0.15, 0.2) is 0 Å². The Bertz CT molecular complexity index is 204. The fourth-order valence-electron chi connectivity index (χ4n) is 2.89. The second-order valence-corrected chi connectivity index (χ2v) is 7.34. The van der Waals surface area contributed by atoms with Gasteiger partial charge in [-0.3, -0.25) is 0 Å². The molecule has 1 aliphatic heterocycles. The molecule has 4 heteroatoms. The Balaban J connectivity index is 1.99. The summed E-state index contributed by atoms with van der Waals surface area (Å²) in [6.45, 7) is 0. The number of ether oxygens (including phenoxy) is 2. The van der Waals surface area contributed by atoms with Crippen molar-refractivity contribution < 1.29 is 14.6 Å². The highest BCUT2D eigenvalue weighted by atomic mass is 32.2. The minimum atomic E-state index is -0.447. The molecular weight excluding hydrogens is 224 g/mol. The van der Waals surface area contributed by atoms with Crippen molar-refractivity contribution in [2.45, 2.75) is 49.2 Å². The van der Waals surface area contributed by atoms with E-state index in [1.165, 1.54) is 24.3 Å². The molecule has 1 N–H and O–H groups in total. The molecule has 94 valence electrons. The predicted molar refractivity (Wildman–Crippen MR) is 67.0 cm³/mol. The largest absolute Gasteiger partial charge is 0.388 e. The molecule has 16 heavy (non-hydrogen) atoms. The van der Waals surface area contributed by atoms with Gasteiger partial charge >= 0.3 is 0 Å².